The number of guanidine groups is 1. The van der Waals surface area contributed by atoms with Crippen LogP contribution in [0.3, 0.4) is 0 Å². The molecule has 2 rings (SSSR count). The number of nitrogens with zero attached hydrogens (tertiary/aromatic N) is 2. The van der Waals surface area contributed by atoms with Crippen molar-refractivity contribution in [2.75, 3.05) is 38.1 Å². The average molecular weight is 370 g/mol. The summed E-state index contributed by atoms with van der Waals surface area (Å²) in [6.45, 7) is 7.98. The minimum absolute atomic E-state index is 0.599. The monoisotopic (exact) mass is 369 g/mol. The average Bonchev–Trinajstić information content (AvgIpc) is 2.70. The zero-order valence-corrected chi connectivity index (χ0v) is 16.4. The highest BCUT2D eigenvalue weighted by Crippen LogP contribution is 2.10. The fourth-order valence-corrected chi connectivity index (χ4v) is 2.43. The van der Waals surface area contributed by atoms with Gasteiger partial charge in [0.05, 0.1) is 6.54 Å². The molecule has 0 radical (unpaired) electrons. The third-order valence-electron chi connectivity index (χ3n) is 3.85. The fraction of sp³-hybridized carbons (Fsp3) is 0.429. The van der Waals surface area contributed by atoms with E-state index in [0.717, 1.165) is 50.0 Å². The van der Waals surface area contributed by atoms with Gasteiger partial charge in [-0.05, 0) is 51.0 Å². The van der Waals surface area contributed by atoms with Crippen LogP contribution in [0.5, 0.6) is 5.75 Å². The second kappa shape index (κ2) is 12.6. The molecule has 0 spiro atoms. The Balaban J connectivity index is 1.59. The lowest BCUT2D eigenvalue weighted by atomic mass is 10.2. The summed E-state index contributed by atoms with van der Waals surface area (Å²) in [7, 11) is 0. The van der Waals surface area contributed by atoms with Crippen molar-refractivity contribution < 1.29 is 4.74 Å². The van der Waals surface area contributed by atoms with Crippen molar-refractivity contribution in [3.8, 4) is 5.75 Å². The third-order valence-corrected chi connectivity index (χ3v) is 3.85. The molecule has 6 heteroatoms. The van der Waals surface area contributed by atoms with Crippen LogP contribution in [-0.4, -0.2) is 43.7 Å². The molecule has 0 saturated carbocycles. The Morgan fingerprint density at radius 2 is 1.89 bits per heavy atom. The van der Waals surface area contributed by atoms with Crippen LogP contribution in [0.25, 0.3) is 0 Å². The molecule has 27 heavy (non-hydrogen) atoms. The lowest BCUT2D eigenvalue weighted by molar-refractivity contribution is 0.322. The van der Waals surface area contributed by atoms with Gasteiger partial charge < -0.3 is 20.7 Å². The lowest BCUT2D eigenvalue weighted by Gasteiger charge is -2.12. The molecular formula is C21H31N5O. The molecule has 0 aliphatic carbocycles. The van der Waals surface area contributed by atoms with E-state index in [1.807, 2.05) is 30.3 Å². The van der Waals surface area contributed by atoms with E-state index in [1.54, 1.807) is 6.20 Å². The summed E-state index contributed by atoms with van der Waals surface area (Å²) in [6.07, 6.45) is 3.87. The van der Waals surface area contributed by atoms with E-state index in [0.29, 0.717) is 13.2 Å². The molecule has 146 valence electrons. The van der Waals surface area contributed by atoms with Crippen molar-refractivity contribution in [3.63, 3.8) is 0 Å². The molecule has 0 bridgehead atoms. The molecule has 0 amide bonds. The maximum atomic E-state index is 5.73. The number of hydrogen-bond acceptors (Lipinski definition) is 4. The van der Waals surface area contributed by atoms with Gasteiger partial charge in [-0.1, -0.05) is 23.8 Å². The number of rotatable bonds is 11. The van der Waals surface area contributed by atoms with Gasteiger partial charge in [-0.3, -0.25) is 4.99 Å². The second-order valence-electron chi connectivity index (χ2n) is 6.20. The molecule has 0 aliphatic rings. The van der Waals surface area contributed by atoms with Crippen LogP contribution in [0.4, 0.5) is 5.82 Å². The van der Waals surface area contributed by atoms with Gasteiger partial charge in [0.25, 0.3) is 0 Å². The zero-order chi connectivity index (χ0) is 19.2. The topological polar surface area (TPSA) is 70.6 Å². The van der Waals surface area contributed by atoms with E-state index in [9.17, 15) is 0 Å². The Hall–Kier alpha value is -2.76. The van der Waals surface area contributed by atoms with Crippen LogP contribution in [0.2, 0.25) is 0 Å². The summed E-state index contributed by atoms with van der Waals surface area (Å²) in [5.74, 6) is 2.65. The number of nitrogens with one attached hydrogen (secondary N) is 3. The number of anilines is 1. The van der Waals surface area contributed by atoms with E-state index in [1.165, 1.54) is 5.56 Å². The first-order valence-electron chi connectivity index (χ1n) is 9.64. The number of pyridine rings is 1. The molecule has 6 nitrogen and oxygen atoms in total. The number of ether oxygens (including phenoxy) is 1. The van der Waals surface area contributed by atoms with E-state index < -0.39 is 0 Å². The second-order valence-corrected chi connectivity index (χ2v) is 6.20. The van der Waals surface area contributed by atoms with Gasteiger partial charge in [-0.15, -0.1) is 0 Å². The number of unbranched alkanes of at least 4 members (excludes halogenated alkanes) is 1. The molecule has 3 N–H and O–H groups in total. The summed E-state index contributed by atoms with van der Waals surface area (Å²) in [5, 5.41) is 9.88. The highest BCUT2D eigenvalue weighted by molar-refractivity contribution is 5.79. The van der Waals surface area contributed by atoms with Crippen LogP contribution in [0.15, 0.2) is 53.7 Å². The van der Waals surface area contributed by atoms with E-state index >= 15 is 0 Å². The molecular weight excluding hydrogens is 338 g/mol. The van der Waals surface area contributed by atoms with E-state index in [-0.39, 0.29) is 0 Å². The standard InChI is InChI=1S/C21H31N5O/c1-3-22-21(26-16-17-27-19-11-9-18(2)10-12-19)25-15-7-6-14-24-20-8-4-5-13-23-20/h4-5,8-13H,3,6-7,14-17H2,1-2H3,(H,23,24)(H2,22,25,26). The maximum absolute atomic E-state index is 5.73. The Morgan fingerprint density at radius 3 is 2.63 bits per heavy atom. The molecule has 1 aromatic heterocycles. The molecule has 0 atom stereocenters. The van der Waals surface area contributed by atoms with Gasteiger partial charge in [0, 0.05) is 25.8 Å². The summed E-state index contributed by atoms with van der Waals surface area (Å²) in [5.41, 5.74) is 1.23. The van der Waals surface area contributed by atoms with Crippen LogP contribution < -0.4 is 20.7 Å². The molecule has 0 saturated heterocycles. The minimum Gasteiger partial charge on any atom is -0.492 e. The lowest BCUT2D eigenvalue weighted by Crippen LogP contribution is -2.39. The Morgan fingerprint density at radius 1 is 1.04 bits per heavy atom. The SMILES string of the molecule is CCNC(=NCCCCNc1ccccn1)NCCOc1ccc(C)cc1. The predicted octanol–water partition coefficient (Wildman–Crippen LogP) is 3.22. The first-order chi connectivity index (χ1) is 13.3. The molecule has 0 aliphatic heterocycles. The largest absolute Gasteiger partial charge is 0.492 e. The quantitative estimate of drug-likeness (QED) is 0.322. The van der Waals surface area contributed by atoms with Crippen molar-refractivity contribution in [1.82, 2.24) is 15.6 Å². The van der Waals surface area contributed by atoms with Gasteiger partial charge in [-0.2, -0.15) is 0 Å². The van der Waals surface area contributed by atoms with Crippen molar-refractivity contribution >= 4 is 11.8 Å². The number of aryl methyl sites for hydroxylation is 1. The highest BCUT2D eigenvalue weighted by Gasteiger charge is 1.98. The zero-order valence-electron chi connectivity index (χ0n) is 16.4. The maximum Gasteiger partial charge on any atom is 0.191 e. The fourth-order valence-electron chi connectivity index (χ4n) is 2.43. The third kappa shape index (κ3) is 8.94. The number of aliphatic imine (C=N–C) groups is 1. The van der Waals surface area contributed by atoms with Crippen LogP contribution >= 0.6 is 0 Å². The number of aromatic nitrogens is 1. The number of benzene rings is 1. The van der Waals surface area contributed by atoms with Gasteiger partial charge >= 0.3 is 0 Å². The minimum atomic E-state index is 0.599. The van der Waals surface area contributed by atoms with Crippen molar-refractivity contribution in [2.45, 2.75) is 26.7 Å². The van der Waals surface area contributed by atoms with Crippen LogP contribution in [0.1, 0.15) is 25.3 Å². The van der Waals surface area contributed by atoms with E-state index in [2.05, 4.69) is 51.9 Å². The van der Waals surface area contributed by atoms with Crippen LogP contribution in [-0.2, 0) is 0 Å². The van der Waals surface area contributed by atoms with Gasteiger partial charge in [0.15, 0.2) is 5.96 Å². The van der Waals surface area contributed by atoms with Crippen LogP contribution in [0, 0.1) is 6.92 Å². The van der Waals surface area contributed by atoms with Gasteiger partial charge in [-0.25, -0.2) is 4.98 Å². The molecule has 1 aromatic carbocycles. The first-order valence-corrected chi connectivity index (χ1v) is 9.64. The normalized spacial score (nSPS) is 11.1. The smallest absolute Gasteiger partial charge is 0.191 e. The van der Waals surface area contributed by atoms with E-state index in [4.69, 9.17) is 4.74 Å². The Labute approximate surface area is 162 Å². The summed E-state index contributed by atoms with van der Waals surface area (Å²) < 4.78 is 5.73. The van der Waals surface area contributed by atoms with Crippen molar-refractivity contribution in [1.29, 1.82) is 0 Å². The summed E-state index contributed by atoms with van der Waals surface area (Å²) in [4.78, 5) is 8.86. The first kappa shape index (κ1) is 20.6. The highest BCUT2D eigenvalue weighted by atomic mass is 16.5. The van der Waals surface area contributed by atoms with Crippen molar-refractivity contribution in [3.05, 3.63) is 54.2 Å². The molecule has 1 heterocycles. The molecule has 0 unspecified atom stereocenters. The summed E-state index contributed by atoms with van der Waals surface area (Å²) >= 11 is 0. The summed E-state index contributed by atoms with van der Waals surface area (Å²) in [6, 6.07) is 14.0. The van der Waals surface area contributed by atoms with Gasteiger partial charge in [0.2, 0.25) is 0 Å². The predicted molar refractivity (Wildman–Crippen MR) is 113 cm³/mol. The van der Waals surface area contributed by atoms with Gasteiger partial charge in [0.1, 0.15) is 18.2 Å². The molecule has 0 fully saturated rings. The Kier molecular flexibility index (Phi) is 9.57. The Bertz CT molecular complexity index is 658. The number of hydrogen-bond donors (Lipinski definition) is 3. The molecule has 2 aromatic rings. The van der Waals surface area contributed by atoms with Crippen molar-refractivity contribution in [2.24, 2.45) is 4.99 Å².